The molecule has 0 amide bonds. The summed E-state index contributed by atoms with van der Waals surface area (Å²) < 4.78 is 0. The molecule has 0 saturated heterocycles. The van der Waals surface area contributed by atoms with Crippen LogP contribution in [-0.2, 0) is 16.2 Å². The number of para-hydroxylation sites is 1. The molecule has 6 aliphatic rings. The molecule has 1 heterocycles. The van der Waals surface area contributed by atoms with Crippen molar-refractivity contribution in [3.63, 3.8) is 0 Å². The predicted octanol–water partition coefficient (Wildman–Crippen LogP) is 16.2. The number of fused-ring (bicyclic) bond motifs is 4. The van der Waals surface area contributed by atoms with Gasteiger partial charge in [-0.3, -0.25) is 0 Å². The molecule has 0 aromatic heterocycles. The molecule has 0 unspecified atom stereocenters. The third kappa shape index (κ3) is 5.59. The van der Waals surface area contributed by atoms with Gasteiger partial charge in [0.15, 0.2) is 0 Å². The average Bonchev–Trinajstić information content (AvgIpc) is 3.27. The fourth-order valence-electron chi connectivity index (χ4n) is 13.3. The molecule has 0 N–H and O–H groups in total. The van der Waals surface area contributed by atoms with Gasteiger partial charge in [0.1, 0.15) is 0 Å². The van der Waals surface area contributed by atoms with Crippen LogP contribution in [0.3, 0.4) is 0 Å². The summed E-state index contributed by atoms with van der Waals surface area (Å²) in [5, 5.41) is 2.55. The van der Waals surface area contributed by atoms with E-state index in [2.05, 4.69) is 184 Å². The molecule has 4 fully saturated rings. The topological polar surface area (TPSA) is 3.24 Å². The van der Waals surface area contributed by atoms with Crippen LogP contribution < -0.4 is 4.90 Å². The molecule has 7 aromatic carbocycles. The average molecular weight is 798 g/mol. The highest BCUT2D eigenvalue weighted by molar-refractivity contribution is 7.99. The van der Waals surface area contributed by atoms with Gasteiger partial charge in [-0.25, -0.2) is 0 Å². The van der Waals surface area contributed by atoms with E-state index in [1.165, 1.54) is 116 Å². The molecule has 1 nitrogen and oxygen atoms in total. The first-order valence-electron chi connectivity index (χ1n) is 22.7. The molecule has 13 rings (SSSR count). The van der Waals surface area contributed by atoms with E-state index < -0.39 is 0 Å². The van der Waals surface area contributed by atoms with Gasteiger partial charge >= 0.3 is 0 Å². The zero-order valence-electron chi connectivity index (χ0n) is 35.5. The Balaban J connectivity index is 1.04. The van der Waals surface area contributed by atoms with E-state index in [4.69, 9.17) is 0 Å². The third-order valence-electron chi connectivity index (χ3n) is 16.2. The van der Waals surface area contributed by atoms with Crippen LogP contribution in [0.1, 0.15) is 94.9 Å². The highest BCUT2D eigenvalue weighted by Gasteiger charge is 2.60. The van der Waals surface area contributed by atoms with E-state index in [9.17, 15) is 0 Å². The maximum atomic E-state index is 2.66. The lowest BCUT2D eigenvalue weighted by Gasteiger charge is -2.63. The van der Waals surface area contributed by atoms with E-state index in [1.807, 2.05) is 11.8 Å². The standard InChI is InChI=1S/C58H55NS/c1-56(2)27-28-57(3,4)51-35-43(21-25-49(51)56)48-13-7-9-15-53(48)59(46-22-19-40(20-23-46)42-18-17-39-11-5-6-12-41(39)34-42)47-24-26-55-52(36-47)58(50-14-8-10-16-54(50)60-55)44-30-37-29-38(32-44)33-45(58)31-37/h5-26,34-38,44-45H,27-33H2,1-4H3. The number of nitrogens with zero attached hydrogens (tertiary/aromatic N) is 1. The minimum Gasteiger partial charge on any atom is -0.310 e. The van der Waals surface area contributed by atoms with Gasteiger partial charge in [0, 0.05) is 32.1 Å². The van der Waals surface area contributed by atoms with Gasteiger partial charge in [0.25, 0.3) is 0 Å². The van der Waals surface area contributed by atoms with E-state index >= 15 is 0 Å². The first-order chi connectivity index (χ1) is 29.2. The molecule has 1 aliphatic heterocycles. The van der Waals surface area contributed by atoms with Crippen LogP contribution in [0, 0.1) is 23.7 Å². The second-order valence-corrected chi connectivity index (χ2v) is 21.5. The minimum absolute atomic E-state index is 0.0720. The summed E-state index contributed by atoms with van der Waals surface area (Å²) in [6, 6.07) is 58.6. The fraction of sp³-hybridized carbons (Fsp3) is 0.310. The van der Waals surface area contributed by atoms with Crippen molar-refractivity contribution in [1.29, 1.82) is 0 Å². The van der Waals surface area contributed by atoms with Gasteiger partial charge in [-0.1, -0.05) is 143 Å². The molecule has 1 spiro atoms. The number of rotatable bonds is 5. The van der Waals surface area contributed by atoms with E-state index in [0.717, 1.165) is 11.8 Å². The van der Waals surface area contributed by atoms with Crippen molar-refractivity contribution in [3.05, 3.63) is 174 Å². The lowest BCUT2D eigenvalue weighted by Crippen LogP contribution is -2.57. The summed E-state index contributed by atoms with van der Waals surface area (Å²) in [6.07, 6.45) is 9.40. The molecule has 0 radical (unpaired) electrons. The first-order valence-corrected chi connectivity index (χ1v) is 23.5. The van der Waals surface area contributed by atoms with Gasteiger partial charge in [0.05, 0.1) is 5.69 Å². The fourth-order valence-corrected chi connectivity index (χ4v) is 14.5. The Morgan fingerprint density at radius 3 is 1.85 bits per heavy atom. The third-order valence-corrected chi connectivity index (χ3v) is 17.3. The summed E-state index contributed by atoms with van der Waals surface area (Å²) in [7, 11) is 0. The Morgan fingerprint density at radius 2 is 1.07 bits per heavy atom. The zero-order valence-corrected chi connectivity index (χ0v) is 36.4. The van der Waals surface area contributed by atoms with E-state index in [0.29, 0.717) is 11.8 Å². The van der Waals surface area contributed by atoms with Crippen molar-refractivity contribution in [2.75, 3.05) is 4.90 Å². The largest absolute Gasteiger partial charge is 0.310 e. The van der Waals surface area contributed by atoms with E-state index in [1.54, 1.807) is 11.1 Å². The molecule has 7 aromatic rings. The highest BCUT2D eigenvalue weighted by atomic mass is 32.2. The summed E-state index contributed by atoms with van der Waals surface area (Å²) >= 11 is 2.01. The van der Waals surface area contributed by atoms with Gasteiger partial charge < -0.3 is 4.90 Å². The van der Waals surface area contributed by atoms with Crippen LogP contribution in [0.4, 0.5) is 17.1 Å². The number of benzene rings is 7. The summed E-state index contributed by atoms with van der Waals surface area (Å²) in [5.74, 6) is 3.22. The van der Waals surface area contributed by atoms with Crippen molar-refractivity contribution in [2.24, 2.45) is 23.7 Å². The molecular formula is C58H55NS. The molecule has 0 atom stereocenters. The van der Waals surface area contributed by atoms with Crippen molar-refractivity contribution < 1.29 is 0 Å². The Morgan fingerprint density at radius 1 is 0.450 bits per heavy atom. The van der Waals surface area contributed by atoms with Crippen LogP contribution in [0.25, 0.3) is 33.0 Å². The normalized spacial score (nSPS) is 25.1. The maximum Gasteiger partial charge on any atom is 0.0540 e. The monoisotopic (exact) mass is 797 g/mol. The summed E-state index contributed by atoms with van der Waals surface area (Å²) in [5.41, 5.74) is 15.3. The van der Waals surface area contributed by atoms with Crippen molar-refractivity contribution in [3.8, 4) is 22.3 Å². The molecule has 4 saturated carbocycles. The lowest BCUT2D eigenvalue weighted by atomic mass is 9.42. The molecule has 4 bridgehead atoms. The minimum atomic E-state index is 0.0720. The molecule has 298 valence electrons. The number of hydrogen-bond acceptors (Lipinski definition) is 2. The second-order valence-electron chi connectivity index (χ2n) is 20.4. The quantitative estimate of drug-likeness (QED) is 0.171. The summed E-state index contributed by atoms with van der Waals surface area (Å²) in [6.45, 7) is 9.76. The lowest BCUT2D eigenvalue weighted by molar-refractivity contribution is -0.0443. The van der Waals surface area contributed by atoms with Crippen LogP contribution in [0.5, 0.6) is 0 Å². The Hall–Kier alpha value is -5.05. The molecule has 5 aliphatic carbocycles. The zero-order chi connectivity index (χ0) is 40.4. The number of anilines is 3. The molecular weight excluding hydrogens is 743 g/mol. The van der Waals surface area contributed by atoms with Crippen molar-refractivity contribution in [1.82, 2.24) is 0 Å². The van der Waals surface area contributed by atoms with Crippen molar-refractivity contribution >= 4 is 39.6 Å². The highest BCUT2D eigenvalue weighted by Crippen LogP contribution is 2.69. The maximum absolute atomic E-state index is 2.66. The SMILES string of the molecule is CC1(C)CCC(C)(C)c2cc(-c3ccccc3N(c3ccc(-c4ccc5ccccc5c4)cc3)c3ccc4c(c3)C3(c5ccccc5S4)C4CC5CC(C4)CC3C5)ccc21. The van der Waals surface area contributed by atoms with Crippen LogP contribution in [-0.4, -0.2) is 0 Å². The van der Waals surface area contributed by atoms with E-state index in [-0.39, 0.29) is 16.2 Å². The Kier molecular flexibility index (Phi) is 8.26. The van der Waals surface area contributed by atoms with Gasteiger partial charge in [0.2, 0.25) is 0 Å². The molecule has 60 heavy (non-hydrogen) atoms. The van der Waals surface area contributed by atoms with Gasteiger partial charge in [-0.05, 0) is 178 Å². The van der Waals surface area contributed by atoms with Crippen LogP contribution in [0.2, 0.25) is 0 Å². The first kappa shape index (κ1) is 36.8. The predicted molar refractivity (Wildman–Crippen MR) is 253 cm³/mol. The second kappa shape index (κ2) is 13.5. The van der Waals surface area contributed by atoms with Crippen molar-refractivity contribution in [2.45, 2.75) is 98.7 Å². The number of hydrogen-bond donors (Lipinski definition) is 0. The Bertz CT molecular complexity index is 2800. The Labute approximate surface area is 361 Å². The smallest absolute Gasteiger partial charge is 0.0540 e. The van der Waals surface area contributed by atoms with Crippen LogP contribution in [0.15, 0.2) is 161 Å². The molecule has 2 heteroatoms. The van der Waals surface area contributed by atoms with Gasteiger partial charge in [-0.15, -0.1) is 0 Å². The summed E-state index contributed by atoms with van der Waals surface area (Å²) in [4.78, 5) is 5.53. The van der Waals surface area contributed by atoms with Crippen LogP contribution >= 0.6 is 11.8 Å². The van der Waals surface area contributed by atoms with Gasteiger partial charge in [-0.2, -0.15) is 0 Å².